The van der Waals surface area contributed by atoms with E-state index in [1.807, 2.05) is 13.0 Å². The second kappa shape index (κ2) is 6.89. The lowest BCUT2D eigenvalue weighted by atomic mass is 10.0. The van der Waals surface area contributed by atoms with Gasteiger partial charge < -0.3 is 11.1 Å². The molecule has 3 N–H and O–H groups in total. The van der Waals surface area contributed by atoms with Gasteiger partial charge in [-0.2, -0.15) is 5.26 Å². The molecular formula is C21H18FN5O. The summed E-state index contributed by atoms with van der Waals surface area (Å²) in [6.07, 6.45) is 2.66. The van der Waals surface area contributed by atoms with Gasteiger partial charge in [0.25, 0.3) is 0 Å². The van der Waals surface area contributed by atoms with Crippen LogP contribution in [0.3, 0.4) is 0 Å². The first-order valence-corrected chi connectivity index (χ1v) is 8.97. The second-order valence-corrected chi connectivity index (χ2v) is 7.07. The van der Waals surface area contributed by atoms with Crippen LogP contribution in [0.5, 0.6) is 0 Å². The Bertz CT molecular complexity index is 1120. The number of aryl methyl sites for hydroxylation is 1. The van der Waals surface area contributed by atoms with Crippen LogP contribution < -0.4 is 11.1 Å². The number of anilines is 2. The molecule has 0 radical (unpaired) electrons. The molecule has 0 aliphatic heterocycles. The zero-order valence-corrected chi connectivity index (χ0v) is 15.2. The Hall–Kier alpha value is -3.53. The van der Waals surface area contributed by atoms with Crippen molar-refractivity contribution in [2.75, 3.05) is 11.1 Å². The van der Waals surface area contributed by atoms with Gasteiger partial charge in [-0.25, -0.2) is 14.4 Å². The van der Waals surface area contributed by atoms with Crippen LogP contribution in [0.2, 0.25) is 0 Å². The normalized spacial score (nSPS) is 17.9. The summed E-state index contributed by atoms with van der Waals surface area (Å²) in [6.45, 7) is 1.81. The number of nitrogens with zero attached hydrogens (tertiary/aromatic N) is 3. The maximum atomic E-state index is 14.3. The van der Waals surface area contributed by atoms with Gasteiger partial charge in [0.1, 0.15) is 17.5 Å². The Morgan fingerprint density at radius 3 is 3.00 bits per heavy atom. The van der Waals surface area contributed by atoms with Crippen molar-refractivity contribution >= 4 is 28.3 Å². The maximum absolute atomic E-state index is 14.3. The van der Waals surface area contributed by atoms with Crippen molar-refractivity contribution in [3.63, 3.8) is 0 Å². The molecule has 0 bridgehead atoms. The van der Waals surface area contributed by atoms with E-state index in [9.17, 15) is 9.18 Å². The van der Waals surface area contributed by atoms with E-state index in [4.69, 9.17) is 11.0 Å². The highest BCUT2D eigenvalue weighted by atomic mass is 19.1. The molecule has 1 amide bonds. The van der Waals surface area contributed by atoms with Crippen LogP contribution in [0, 0.1) is 35.9 Å². The number of carbonyl (C=O) groups excluding carboxylic acids is 1. The fourth-order valence-corrected chi connectivity index (χ4v) is 3.46. The molecule has 1 aliphatic carbocycles. The predicted molar refractivity (Wildman–Crippen MR) is 105 cm³/mol. The first-order valence-electron chi connectivity index (χ1n) is 8.97. The van der Waals surface area contributed by atoms with Gasteiger partial charge in [0, 0.05) is 29.5 Å². The van der Waals surface area contributed by atoms with Gasteiger partial charge in [-0.05, 0) is 48.4 Å². The molecule has 3 aromatic rings. The predicted octanol–water partition coefficient (Wildman–Crippen LogP) is 3.81. The number of hydrogen-bond acceptors (Lipinski definition) is 5. The van der Waals surface area contributed by atoms with Gasteiger partial charge in [-0.3, -0.25) is 4.79 Å². The fraction of sp³-hybridized carbons (Fsp3) is 0.238. The van der Waals surface area contributed by atoms with E-state index in [1.54, 1.807) is 24.4 Å². The zero-order chi connectivity index (χ0) is 19.8. The van der Waals surface area contributed by atoms with Gasteiger partial charge in [0.2, 0.25) is 5.91 Å². The number of fused-ring (bicyclic) bond motifs is 1. The molecule has 0 spiro atoms. The number of carbonyl (C=O) groups is 1. The minimum Gasteiger partial charge on any atom is -0.383 e. The first-order chi connectivity index (χ1) is 13.5. The molecule has 1 fully saturated rings. The van der Waals surface area contributed by atoms with E-state index in [1.165, 1.54) is 6.07 Å². The second-order valence-electron chi connectivity index (χ2n) is 7.07. The fourth-order valence-electron chi connectivity index (χ4n) is 3.46. The van der Waals surface area contributed by atoms with Crippen molar-refractivity contribution in [1.82, 2.24) is 9.97 Å². The molecule has 4 rings (SSSR count). The number of halogens is 1. The summed E-state index contributed by atoms with van der Waals surface area (Å²) >= 11 is 0. The summed E-state index contributed by atoms with van der Waals surface area (Å²) in [7, 11) is 0. The minimum atomic E-state index is -0.369. The number of aromatic nitrogens is 2. The highest BCUT2D eigenvalue weighted by Crippen LogP contribution is 2.41. The summed E-state index contributed by atoms with van der Waals surface area (Å²) in [6, 6.07) is 10.4. The van der Waals surface area contributed by atoms with Crippen molar-refractivity contribution in [3.8, 4) is 17.3 Å². The molecule has 28 heavy (non-hydrogen) atoms. The van der Waals surface area contributed by atoms with Crippen molar-refractivity contribution in [3.05, 3.63) is 47.9 Å². The third-order valence-corrected chi connectivity index (χ3v) is 5.09. The Morgan fingerprint density at radius 1 is 1.43 bits per heavy atom. The lowest BCUT2D eigenvalue weighted by molar-refractivity contribution is -0.117. The molecule has 2 heterocycles. The van der Waals surface area contributed by atoms with Gasteiger partial charge in [-0.15, -0.1) is 0 Å². The molecule has 1 saturated carbocycles. The summed E-state index contributed by atoms with van der Waals surface area (Å²) < 4.78 is 14.3. The molecule has 2 aromatic heterocycles. The third kappa shape index (κ3) is 3.25. The largest absolute Gasteiger partial charge is 0.383 e. The average Bonchev–Trinajstić information content (AvgIpc) is 3.41. The topological polar surface area (TPSA) is 105 Å². The summed E-state index contributed by atoms with van der Waals surface area (Å²) in [5, 5.41) is 12.9. The Morgan fingerprint density at radius 2 is 2.25 bits per heavy atom. The van der Waals surface area contributed by atoms with Crippen LogP contribution >= 0.6 is 0 Å². The lowest BCUT2D eigenvalue weighted by Gasteiger charge is -2.11. The lowest BCUT2D eigenvalue weighted by Crippen LogP contribution is -2.15. The first kappa shape index (κ1) is 17.9. The number of nitrogens with one attached hydrogen (secondary N) is 1. The number of nitriles is 1. The van der Waals surface area contributed by atoms with Gasteiger partial charge >= 0.3 is 0 Å². The molecule has 1 aliphatic rings. The molecule has 7 heteroatoms. The quantitative estimate of drug-likeness (QED) is 0.721. The van der Waals surface area contributed by atoms with Crippen LogP contribution in [-0.4, -0.2) is 15.9 Å². The van der Waals surface area contributed by atoms with E-state index >= 15 is 0 Å². The van der Waals surface area contributed by atoms with Crippen molar-refractivity contribution in [2.45, 2.75) is 19.8 Å². The Labute approximate surface area is 161 Å². The minimum absolute atomic E-state index is 0.126. The van der Waals surface area contributed by atoms with Crippen LogP contribution in [0.4, 0.5) is 16.0 Å². The molecule has 140 valence electrons. The number of hydrogen-bond donors (Lipinski definition) is 2. The Kier molecular flexibility index (Phi) is 4.40. The number of nitrogens with two attached hydrogens (primary N) is 1. The molecule has 6 nitrogen and oxygen atoms in total. The van der Waals surface area contributed by atoms with E-state index < -0.39 is 0 Å². The summed E-state index contributed by atoms with van der Waals surface area (Å²) in [5.41, 5.74) is 7.65. The standard InChI is InChI=1S/C21H18FN5O/c1-11-3-2-4-16(22)19(11)17-8-13-9-18(25-10-15(13)20(24)26-17)27-21(28)14-7-12(14)5-6-23/h2-4,8-10,12,14H,5,7H2,1H3,(H2,24,26)(H,25,27,28)/t12-,14-/m1/s1. The van der Waals surface area contributed by atoms with Crippen molar-refractivity contribution < 1.29 is 9.18 Å². The number of amides is 1. The van der Waals surface area contributed by atoms with E-state index in [0.717, 1.165) is 12.0 Å². The van der Waals surface area contributed by atoms with Crippen LogP contribution in [0.25, 0.3) is 22.0 Å². The summed E-state index contributed by atoms with van der Waals surface area (Å²) in [4.78, 5) is 20.9. The van der Waals surface area contributed by atoms with Gasteiger partial charge in [0.15, 0.2) is 0 Å². The number of pyridine rings is 2. The van der Waals surface area contributed by atoms with E-state index in [-0.39, 0.29) is 29.4 Å². The monoisotopic (exact) mass is 375 g/mol. The zero-order valence-electron chi connectivity index (χ0n) is 15.2. The molecule has 0 saturated heterocycles. The smallest absolute Gasteiger partial charge is 0.228 e. The van der Waals surface area contributed by atoms with Gasteiger partial charge in [-0.1, -0.05) is 12.1 Å². The Balaban J connectivity index is 1.67. The summed E-state index contributed by atoms with van der Waals surface area (Å²) in [5.74, 6) is 0.112. The van der Waals surface area contributed by atoms with Crippen molar-refractivity contribution in [1.29, 1.82) is 5.26 Å². The SMILES string of the molecule is Cc1cccc(F)c1-c1cc2cc(NC(=O)[C@@H]3C[C@H]3CC#N)ncc2c(N)n1. The number of nitrogen functional groups attached to an aromatic ring is 1. The van der Waals surface area contributed by atoms with Crippen LogP contribution in [-0.2, 0) is 4.79 Å². The number of rotatable bonds is 4. The highest BCUT2D eigenvalue weighted by molar-refractivity contribution is 5.98. The van der Waals surface area contributed by atoms with Gasteiger partial charge in [0.05, 0.1) is 11.8 Å². The third-order valence-electron chi connectivity index (χ3n) is 5.09. The average molecular weight is 375 g/mol. The molecule has 2 atom stereocenters. The van der Waals surface area contributed by atoms with Crippen LogP contribution in [0.1, 0.15) is 18.4 Å². The molecule has 1 aromatic carbocycles. The van der Waals surface area contributed by atoms with Crippen molar-refractivity contribution in [2.24, 2.45) is 11.8 Å². The van der Waals surface area contributed by atoms with Crippen LogP contribution in [0.15, 0.2) is 36.5 Å². The van der Waals surface area contributed by atoms with E-state index in [2.05, 4.69) is 21.4 Å². The molecule has 0 unspecified atom stereocenters. The molecular weight excluding hydrogens is 357 g/mol. The maximum Gasteiger partial charge on any atom is 0.228 e. The van der Waals surface area contributed by atoms with E-state index in [0.29, 0.717) is 34.3 Å². The highest BCUT2D eigenvalue weighted by Gasteiger charge is 2.42. The number of benzene rings is 1.